The van der Waals surface area contributed by atoms with Gasteiger partial charge in [-0.1, -0.05) is 41.8 Å². The topological polar surface area (TPSA) is 57.6 Å². The van der Waals surface area contributed by atoms with Crippen LogP contribution in [0.25, 0.3) is 0 Å². The van der Waals surface area contributed by atoms with Crippen molar-refractivity contribution in [2.45, 2.75) is 63.8 Å². The number of amidine groups is 1. The summed E-state index contributed by atoms with van der Waals surface area (Å²) in [7, 11) is 1.63. The molecule has 0 bridgehead atoms. The van der Waals surface area contributed by atoms with Gasteiger partial charge >= 0.3 is 6.03 Å². The lowest BCUT2D eigenvalue weighted by atomic mass is 9.93. The van der Waals surface area contributed by atoms with E-state index in [-0.39, 0.29) is 18.2 Å². The molecule has 2 fully saturated rings. The SMILES string of the molecule is C#Cc1ccc(C2N=C(c3ccc(OC)cc3OC(C)C)N(C(=O)N3CCC(N4CCCC4)CC3)C2c2ccc(Cl)cc2)cc1. The average Bonchev–Trinajstić information content (AvgIpc) is 3.74. The first-order valence-corrected chi connectivity index (χ1v) is 16.3. The van der Waals surface area contributed by atoms with Crippen molar-refractivity contribution in [3.63, 3.8) is 0 Å². The predicted molar refractivity (Wildman–Crippen MR) is 179 cm³/mol. The number of carbonyl (C=O) groups is 1. The molecule has 0 saturated carbocycles. The maximum atomic E-state index is 14.8. The van der Waals surface area contributed by atoms with Crippen LogP contribution < -0.4 is 9.47 Å². The number of aliphatic imine (C=N–C) groups is 1. The number of methoxy groups -OCH3 is 1. The van der Waals surface area contributed by atoms with Crippen LogP contribution in [0, 0.1) is 12.3 Å². The molecule has 234 valence electrons. The molecule has 6 rings (SSSR count). The van der Waals surface area contributed by atoms with Crippen molar-refractivity contribution >= 4 is 23.5 Å². The van der Waals surface area contributed by atoms with Crippen LogP contribution in [0.3, 0.4) is 0 Å². The Morgan fingerprint density at radius 1 is 0.956 bits per heavy atom. The third-order valence-electron chi connectivity index (χ3n) is 9.09. The normalized spacial score (nSPS) is 20.8. The number of terminal acetylenes is 1. The van der Waals surface area contributed by atoms with Crippen molar-refractivity contribution in [1.29, 1.82) is 0 Å². The summed E-state index contributed by atoms with van der Waals surface area (Å²) in [6.45, 7) is 7.71. The molecule has 0 radical (unpaired) electrons. The van der Waals surface area contributed by atoms with Crippen molar-refractivity contribution < 1.29 is 14.3 Å². The van der Waals surface area contributed by atoms with Crippen LogP contribution >= 0.6 is 11.6 Å². The first kappa shape index (κ1) is 31.0. The van der Waals surface area contributed by atoms with Gasteiger partial charge in [0.1, 0.15) is 23.4 Å². The zero-order chi connectivity index (χ0) is 31.5. The lowest BCUT2D eigenvalue weighted by Gasteiger charge is -2.40. The second kappa shape index (κ2) is 13.6. The quantitative estimate of drug-likeness (QED) is 0.258. The van der Waals surface area contributed by atoms with E-state index in [9.17, 15) is 4.79 Å². The van der Waals surface area contributed by atoms with Gasteiger partial charge in [-0.05, 0) is 100 Å². The van der Waals surface area contributed by atoms with Crippen LogP contribution in [-0.4, -0.2) is 72.0 Å². The van der Waals surface area contributed by atoms with Crippen molar-refractivity contribution in [3.05, 3.63) is 94.0 Å². The van der Waals surface area contributed by atoms with Crippen molar-refractivity contribution in [1.82, 2.24) is 14.7 Å². The minimum Gasteiger partial charge on any atom is -0.497 e. The van der Waals surface area contributed by atoms with Crippen LogP contribution in [0.2, 0.25) is 5.02 Å². The Labute approximate surface area is 271 Å². The molecule has 7 nitrogen and oxygen atoms in total. The first-order chi connectivity index (χ1) is 21.9. The predicted octanol–water partition coefficient (Wildman–Crippen LogP) is 7.34. The highest BCUT2D eigenvalue weighted by atomic mass is 35.5. The summed E-state index contributed by atoms with van der Waals surface area (Å²) < 4.78 is 11.9. The van der Waals surface area contributed by atoms with Gasteiger partial charge in [-0.2, -0.15) is 0 Å². The lowest BCUT2D eigenvalue weighted by Crippen LogP contribution is -2.52. The molecule has 3 aromatic carbocycles. The maximum absolute atomic E-state index is 14.8. The fourth-order valence-corrected chi connectivity index (χ4v) is 6.94. The summed E-state index contributed by atoms with van der Waals surface area (Å²) in [5.41, 5.74) is 3.45. The first-order valence-electron chi connectivity index (χ1n) is 15.9. The van der Waals surface area contributed by atoms with E-state index >= 15 is 0 Å². The molecule has 3 aromatic rings. The zero-order valence-corrected chi connectivity index (χ0v) is 27.0. The van der Waals surface area contributed by atoms with Crippen LogP contribution in [0.1, 0.15) is 73.9 Å². The number of halogens is 1. The Morgan fingerprint density at radius 2 is 1.62 bits per heavy atom. The number of likely N-dealkylation sites (tertiary alicyclic amines) is 2. The molecule has 45 heavy (non-hydrogen) atoms. The van der Waals surface area contributed by atoms with Gasteiger partial charge in [0.2, 0.25) is 0 Å². The third kappa shape index (κ3) is 6.54. The smallest absolute Gasteiger partial charge is 0.326 e. The fourth-order valence-electron chi connectivity index (χ4n) is 6.82. The molecular formula is C37H41ClN4O3. The van der Waals surface area contributed by atoms with Crippen LogP contribution in [-0.2, 0) is 0 Å². The highest BCUT2D eigenvalue weighted by molar-refractivity contribution is 6.30. The second-order valence-corrected chi connectivity index (χ2v) is 12.7. The largest absolute Gasteiger partial charge is 0.497 e. The fraction of sp³-hybridized carbons (Fsp3) is 0.405. The second-order valence-electron chi connectivity index (χ2n) is 12.3. The van der Waals surface area contributed by atoms with E-state index in [1.807, 2.05) is 90.4 Å². The lowest BCUT2D eigenvalue weighted by molar-refractivity contribution is 0.117. The Balaban J connectivity index is 1.45. The highest BCUT2D eigenvalue weighted by Gasteiger charge is 2.45. The minimum absolute atomic E-state index is 0.0531. The van der Waals surface area contributed by atoms with Gasteiger partial charge in [0.15, 0.2) is 0 Å². The summed E-state index contributed by atoms with van der Waals surface area (Å²) >= 11 is 6.35. The average molecular weight is 625 g/mol. The molecule has 0 spiro atoms. The maximum Gasteiger partial charge on any atom is 0.326 e. The Kier molecular flexibility index (Phi) is 9.34. The van der Waals surface area contributed by atoms with Crippen LogP contribution in [0.4, 0.5) is 4.79 Å². The molecule has 0 aromatic heterocycles. The zero-order valence-electron chi connectivity index (χ0n) is 26.3. The van der Waals surface area contributed by atoms with Crippen molar-refractivity contribution in [2.24, 2.45) is 4.99 Å². The van der Waals surface area contributed by atoms with Gasteiger partial charge < -0.3 is 19.3 Å². The monoisotopic (exact) mass is 624 g/mol. The van der Waals surface area contributed by atoms with Crippen LogP contribution in [0.15, 0.2) is 71.7 Å². The highest BCUT2D eigenvalue weighted by Crippen LogP contribution is 2.46. The number of piperidine rings is 1. The number of carbonyl (C=O) groups excluding carboxylic acids is 1. The molecule has 2 atom stereocenters. The molecule has 2 amide bonds. The third-order valence-corrected chi connectivity index (χ3v) is 9.34. The summed E-state index contributed by atoms with van der Waals surface area (Å²) in [5.74, 6) is 4.57. The summed E-state index contributed by atoms with van der Waals surface area (Å²) in [6.07, 6.45) is 10.1. The van der Waals surface area contributed by atoms with Gasteiger partial charge in [-0.25, -0.2) is 4.79 Å². The molecule has 0 N–H and O–H groups in total. The van der Waals surface area contributed by atoms with E-state index in [4.69, 9.17) is 32.5 Å². The van der Waals surface area contributed by atoms with Crippen molar-refractivity contribution in [2.75, 3.05) is 33.3 Å². The summed E-state index contributed by atoms with van der Waals surface area (Å²) in [6, 6.07) is 21.0. The molecule has 3 aliphatic heterocycles. The summed E-state index contributed by atoms with van der Waals surface area (Å²) in [4.78, 5) is 26.7. The number of ether oxygens (including phenoxy) is 2. The van der Waals surface area contributed by atoms with Gasteiger partial charge in [-0.3, -0.25) is 9.89 Å². The molecule has 3 aliphatic rings. The Hall–Kier alpha value is -3.99. The number of urea groups is 1. The number of benzene rings is 3. The molecule has 8 heteroatoms. The number of hydrogen-bond donors (Lipinski definition) is 0. The number of amides is 2. The number of hydrogen-bond acceptors (Lipinski definition) is 5. The van der Waals surface area contributed by atoms with E-state index in [0.29, 0.717) is 41.5 Å². The summed E-state index contributed by atoms with van der Waals surface area (Å²) in [5, 5.41) is 0.637. The van der Waals surface area contributed by atoms with E-state index in [1.54, 1.807) is 7.11 Å². The Bertz CT molecular complexity index is 1570. The minimum atomic E-state index is -0.410. The molecular weight excluding hydrogens is 584 g/mol. The van der Waals surface area contributed by atoms with Gasteiger partial charge in [0, 0.05) is 35.8 Å². The van der Waals surface area contributed by atoms with Gasteiger partial charge in [-0.15, -0.1) is 6.42 Å². The molecule has 2 saturated heterocycles. The number of rotatable bonds is 7. The standard InChI is InChI=1S/C37H41ClN4O3/c1-5-26-8-10-27(11-9-26)34-35(28-12-14-29(38)15-13-28)42(37(43)41-22-18-30(19-23-41)40-20-6-7-21-40)36(39-34)32-17-16-31(44-4)24-33(32)45-25(2)3/h1,8-17,24-25,30,34-35H,6-7,18-23H2,2-4H3. The Morgan fingerprint density at radius 3 is 2.24 bits per heavy atom. The van der Waals surface area contributed by atoms with Gasteiger partial charge in [0.25, 0.3) is 0 Å². The van der Waals surface area contributed by atoms with Gasteiger partial charge in [0.05, 0.1) is 24.8 Å². The van der Waals surface area contributed by atoms with Crippen LogP contribution in [0.5, 0.6) is 11.5 Å². The molecule has 2 unspecified atom stereocenters. The van der Waals surface area contributed by atoms with E-state index in [1.165, 1.54) is 12.8 Å². The van der Waals surface area contributed by atoms with E-state index in [0.717, 1.165) is 48.2 Å². The molecule has 0 aliphatic carbocycles. The molecule has 3 heterocycles. The van der Waals surface area contributed by atoms with Crippen molar-refractivity contribution in [3.8, 4) is 23.8 Å². The number of nitrogens with zero attached hydrogens (tertiary/aromatic N) is 4. The van der Waals surface area contributed by atoms with E-state index < -0.39 is 6.04 Å². The van der Waals surface area contributed by atoms with E-state index in [2.05, 4.69) is 10.8 Å².